The Morgan fingerprint density at radius 3 is 2.10 bits per heavy atom. The first-order chi connectivity index (χ1) is 18.3. The van der Waals surface area contributed by atoms with Crippen molar-refractivity contribution < 1.29 is 28.6 Å². The minimum Gasteiger partial charge on any atom is -0.508 e. The summed E-state index contributed by atoms with van der Waals surface area (Å²) in [5.74, 6) is -1.31. The minimum atomic E-state index is -2.53. The molecule has 0 aromatic heterocycles. The molecule has 39 heavy (non-hydrogen) atoms. The second-order valence-corrected chi connectivity index (χ2v) is 16.2. The Morgan fingerprint density at radius 1 is 0.974 bits per heavy atom. The molecule has 8 heteroatoms. The normalized spacial score (nSPS) is 18.7. The van der Waals surface area contributed by atoms with Gasteiger partial charge in [-0.15, -0.1) is 0 Å². The zero-order chi connectivity index (χ0) is 28.5. The minimum absolute atomic E-state index is 0.0135. The van der Waals surface area contributed by atoms with Crippen LogP contribution in [0.5, 0.6) is 5.75 Å². The van der Waals surface area contributed by atoms with Crippen molar-refractivity contribution in [2.75, 3.05) is 4.90 Å². The summed E-state index contributed by atoms with van der Waals surface area (Å²) < 4.78 is 27.3. The third kappa shape index (κ3) is 6.08. The molecule has 1 amide bonds. The SMILES string of the molecule is CC(C)(C[C@@H](CC[C@H]1C(=O)N(c2ccc(F)cc2)[C@@H]1c1ccc(CO)cc1O)c1ccc(F)cc1)[Si](C)(C)O. The van der Waals surface area contributed by atoms with Crippen LogP contribution in [0.3, 0.4) is 0 Å². The Balaban J connectivity index is 1.65. The predicted molar refractivity (Wildman–Crippen MR) is 151 cm³/mol. The van der Waals surface area contributed by atoms with Crippen molar-refractivity contribution in [1.29, 1.82) is 0 Å². The first-order valence-electron chi connectivity index (χ1n) is 13.3. The fourth-order valence-corrected chi connectivity index (χ4v) is 6.13. The van der Waals surface area contributed by atoms with E-state index in [1.807, 2.05) is 13.1 Å². The summed E-state index contributed by atoms with van der Waals surface area (Å²) in [7, 11) is -2.53. The predicted octanol–water partition coefficient (Wildman–Crippen LogP) is 6.80. The number of aliphatic hydroxyl groups is 1. The first-order valence-corrected chi connectivity index (χ1v) is 16.3. The van der Waals surface area contributed by atoms with E-state index in [9.17, 15) is 28.6 Å². The molecular weight excluding hydrogens is 516 g/mol. The van der Waals surface area contributed by atoms with Crippen LogP contribution in [-0.4, -0.2) is 29.2 Å². The Hall–Kier alpha value is -3.07. The monoisotopic (exact) mass is 553 g/mol. The molecule has 0 unspecified atom stereocenters. The zero-order valence-corrected chi connectivity index (χ0v) is 23.9. The van der Waals surface area contributed by atoms with Crippen molar-refractivity contribution in [3.8, 4) is 5.75 Å². The fourth-order valence-electron chi connectivity index (χ4n) is 5.38. The molecule has 3 aromatic carbocycles. The molecule has 0 radical (unpaired) electrons. The van der Waals surface area contributed by atoms with E-state index in [1.54, 1.807) is 41.3 Å². The van der Waals surface area contributed by atoms with Gasteiger partial charge in [0.2, 0.25) is 5.91 Å². The van der Waals surface area contributed by atoms with E-state index in [1.165, 1.54) is 30.3 Å². The van der Waals surface area contributed by atoms with Gasteiger partial charge >= 0.3 is 0 Å². The average molecular weight is 554 g/mol. The zero-order valence-electron chi connectivity index (χ0n) is 22.9. The van der Waals surface area contributed by atoms with E-state index < -0.39 is 26.1 Å². The largest absolute Gasteiger partial charge is 0.508 e. The average Bonchev–Trinajstić information content (AvgIpc) is 2.87. The van der Waals surface area contributed by atoms with Crippen LogP contribution in [0.4, 0.5) is 14.5 Å². The number of halogens is 2. The number of phenols is 1. The molecule has 3 atom stereocenters. The van der Waals surface area contributed by atoms with Gasteiger partial charge in [-0.1, -0.05) is 38.1 Å². The fraction of sp³-hybridized carbons (Fsp3) is 0.387. The molecule has 0 spiro atoms. The summed E-state index contributed by atoms with van der Waals surface area (Å²) in [5.41, 5.74) is 2.61. The Morgan fingerprint density at radius 2 is 1.56 bits per heavy atom. The van der Waals surface area contributed by atoms with E-state index in [-0.39, 0.29) is 35.0 Å². The van der Waals surface area contributed by atoms with Crippen LogP contribution in [0.25, 0.3) is 0 Å². The van der Waals surface area contributed by atoms with Crippen LogP contribution in [0, 0.1) is 17.6 Å². The van der Waals surface area contributed by atoms with Gasteiger partial charge in [0.1, 0.15) is 17.4 Å². The maximum absolute atomic E-state index is 13.7. The highest BCUT2D eigenvalue weighted by atomic mass is 28.4. The van der Waals surface area contributed by atoms with E-state index in [0.717, 1.165) is 5.56 Å². The number of anilines is 1. The molecule has 3 N–H and O–H groups in total. The number of phenolic OH excluding ortho intramolecular Hbond substituents is 1. The number of hydrogen-bond donors (Lipinski definition) is 3. The number of carbonyl (C=O) groups excluding carboxylic acids is 1. The molecule has 5 nitrogen and oxygen atoms in total. The molecule has 0 saturated carbocycles. The third-order valence-electron chi connectivity index (χ3n) is 8.50. The molecule has 0 aliphatic carbocycles. The number of benzene rings is 3. The Kier molecular flexibility index (Phi) is 8.30. The number of carbonyl (C=O) groups is 1. The molecular formula is C31H37F2NO4Si. The number of amides is 1. The van der Waals surface area contributed by atoms with Gasteiger partial charge in [0.25, 0.3) is 0 Å². The van der Waals surface area contributed by atoms with E-state index >= 15 is 0 Å². The van der Waals surface area contributed by atoms with Crippen molar-refractivity contribution in [2.45, 2.75) is 69.8 Å². The van der Waals surface area contributed by atoms with Crippen molar-refractivity contribution in [3.63, 3.8) is 0 Å². The second-order valence-electron chi connectivity index (χ2n) is 11.8. The van der Waals surface area contributed by atoms with Crippen molar-refractivity contribution in [1.82, 2.24) is 0 Å². The quantitative estimate of drug-likeness (QED) is 0.191. The molecule has 4 rings (SSSR count). The lowest BCUT2D eigenvalue weighted by atomic mass is 9.75. The smallest absolute Gasteiger partial charge is 0.233 e. The van der Waals surface area contributed by atoms with Gasteiger partial charge in [-0.25, -0.2) is 8.78 Å². The van der Waals surface area contributed by atoms with Gasteiger partial charge in [0.15, 0.2) is 8.32 Å². The number of hydrogen-bond acceptors (Lipinski definition) is 4. The number of aromatic hydroxyl groups is 1. The Labute approximate surface area is 229 Å². The van der Waals surface area contributed by atoms with Crippen LogP contribution in [0.1, 0.15) is 61.8 Å². The topological polar surface area (TPSA) is 81.0 Å². The van der Waals surface area contributed by atoms with Crippen LogP contribution >= 0.6 is 0 Å². The van der Waals surface area contributed by atoms with Gasteiger partial charge in [-0.05, 0) is 96.9 Å². The van der Waals surface area contributed by atoms with Gasteiger partial charge in [0.05, 0.1) is 18.6 Å². The third-order valence-corrected chi connectivity index (χ3v) is 12.0. The summed E-state index contributed by atoms with van der Waals surface area (Å²) in [6.07, 6.45) is 1.81. The van der Waals surface area contributed by atoms with E-state index in [2.05, 4.69) is 13.8 Å². The van der Waals surface area contributed by atoms with Gasteiger partial charge in [-0.2, -0.15) is 0 Å². The molecule has 1 fully saturated rings. The number of nitrogens with zero attached hydrogens (tertiary/aromatic N) is 1. The molecule has 3 aromatic rings. The highest BCUT2D eigenvalue weighted by Crippen LogP contribution is 2.51. The number of rotatable bonds is 10. The van der Waals surface area contributed by atoms with Crippen molar-refractivity contribution in [2.24, 2.45) is 5.92 Å². The van der Waals surface area contributed by atoms with Gasteiger partial charge in [-0.3, -0.25) is 4.79 Å². The molecule has 1 heterocycles. The molecule has 1 aliphatic rings. The van der Waals surface area contributed by atoms with Crippen molar-refractivity contribution >= 4 is 19.9 Å². The Bertz CT molecular complexity index is 1310. The summed E-state index contributed by atoms with van der Waals surface area (Å²) in [6, 6.07) is 16.6. The molecule has 1 aliphatic heterocycles. The lowest BCUT2D eigenvalue weighted by Crippen LogP contribution is -2.55. The van der Waals surface area contributed by atoms with Gasteiger partial charge in [0, 0.05) is 11.3 Å². The summed E-state index contributed by atoms with van der Waals surface area (Å²) in [5, 5.41) is 20.0. The van der Waals surface area contributed by atoms with Crippen LogP contribution in [0.15, 0.2) is 66.7 Å². The van der Waals surface area contributed by atoms with Crippen LogP contribution < -0.4 is 4.90 Å². The van der Waals surface area contributed by atoms with Crippen molar-refractivity contribution in [3.05, 3.63) is 95.1 Å². The highest BCUT2D eigenvalue weighted by molar-refractivity contribution is 6.72. The maximum atomic E-state index is 13.7. The second kappa shape index (κ2) is 11.2. The molecule has 1 saturated heterocycles. The van der Waals surface area contributed by atoms with Gasteiger partial charge < -0.3 is 19.9 Å². The summed E-state index contributed by atoms with van der Waals surface area (Å²) >= 11 is 0. The van der Waals surface area contributed by atoms with Crippen LogP contribution in [-0.2, 0) is 11.4 Å². The maximum Gasteiger partial charge on any atom is 0.233 e. The van der Waals surface area contributed by atoms with E-state index in [0.29, 0.717) is 36.1 Å². The first kappa shape index (κ1) is 28.9. The lowest BCUT2D eigenvalue weighted by Gasteiger charge is -2.48. The number of β-lactam (4-membered cyclic amide) rings is 1. The number of aliphatic hydroxyl groups excluding tert-OH is 1. The van der Waals surface area contributed by atoms with Crippen LogP contribution in [0.2, 0.25) is 18.1 Å². The summed E-state index contributed by atoms with van der Waals surface area (Å²) in [6.45, 7) is 7.73. The molecule has 208 valence electrons. The lowest BCUT2D eigenvalue weighted by molar-refractivity contribution is -0.130. The van der Waals surface area contributed by atoms with E-state index in [4.69, 9.17) is 0 Å². The summed E-state index contributed by atoms with van der Waals surface area (Å²) in [4.78, 5) is 26.1. The molecule has 0 bridgehead atoms. The highest BCUT2D eigenvalue weighted by Gasteiger charge is 2.50. The standard InChI is InChI=1S/C31H37F2NO4Si/c1-31(2,39(3,4)38)18-22(21-6-9-23(32)10-7-21)8-16-27-29(26-15-5-20(19-35)17-28(26)36)34(30(27)37)25-13-11-24(33)12-14-25/h5-7,9-15,17,22,27,29,35-36,38H,8,16,18-19H2,1-4H3/t22-,27-,29-/m1/s1.